The van der Waals surface area contributed by atoms with Crippen LogP contribution in [0.5, 0.6) is 0 Å². The Morgan fingerprint density at radius 1 is 1.33 bits per heavy atom. The molecule has 1 aliphatic carbocycles. The predicted molar refractivity (Wildman–Crippen MR) is 83.8 cm³/mol. The Labute approximate surface area is 127 Å². The van der Waals surface area contributed by atoms with E-state index >= 15 is 0 Å². The Balaban J connectivity index is 2.22. The van der Waals surface area contributed by atoms with Crippen LogP contribution in [0.4, 0.5) is 5.69 Å². The third-order valence-electron chi connectivity index (χ3n) is 3.91. The molecule has 1 aromatic carbocycles. The fourth-order valence-corrected chi connectivity index (χ4v) is 4.66. The molecule has 1 saturated carbocycles. The molecule has 0 amide bonds. The number of para-hydroxylation sites is 1. The standard InChI is InChI=1S/C15H22N2O3S/c1-2-11-16-12-7-3-5-9-14(12)21(20)15-10-6-4-8-13(15)17(18)19/h4,6,8,10,12,14,16H,2-3,5,7,9,11H2,1H3. The van der Waals surface area contributed by atoms with Gasteiger partial charge in [-0.15, -0.1) is 0 Å². The maximum Gasteiger partial charge on any atom is 0.285 e. The molecular weight excluding hydrogens is 288 g/mol. The quantitative estimate of drug-likeness (QED) is 0.647. The van der Waals surface area contributed by atoms with Gasteiger partial charge in [-0.1, -0.05) is 31.9 Å². The second kappa shape index (κ2) is 7.66. The van der Waals surface area contributed by atoms with Crippen molar-refractivity contribution in [2.45, 2.75) is 55.2 Å². The zero-order valence-electron chi connectivity index (χ0n) is 12.3. The van der Waals surface area contributed by atoms with Gasteiger partial charge in [0.2, 0.25) is 0 Å². The summed E-state index contributed by atoms with van der Waals surface area (Å²) >= 11 is 0. The number of nitrogens with one attached hydrogen (secondary N) is 1. The molecule has 1 aliphatic rings. The second-order valence-electron chi connectivity index (χ2n) is 5.41. The van der Waals surface area contributed by atoms with E-state index in [-0.39, 0.29) is 17.0 Å². The summed E-state index contributed by atoms with van der Waals surface area (Å²) in [5.74, 6) is 0. The highest BCUT2D eigenvalue weighted by molar-refractivity contribution is 7.86. The van der Waals surface area contributed by atoms with Crippen molar-refractivity contribution in [3.05, 3.63) is 34.4 Å². The van der Waals surface area contributed by atoms with Gasteiger partial charge in [0.05, 0.1) is 21.0 Å². The van der Waals surface area contributed by atoms with Gasteiger partial charge >= 0.3 is 0 Å². The SMILES string of the molecule is CCCNC1CCCCC1S(=O)c1ccccc1[N+](=O)[O-]. The monoisotopic (exact) mass is 310 g/mol. The van der Waals surface area contributed by atoms with Crippen molar-refractivity contribution in [1.82, 2.24) is 5.32 Å². The van der Waals surface area contributed by atoms with Gasteiger partial charge in [0.15, 0.2) is 0 Å². The first-order valence-corrected chi connectivity index (χ1v) is 8.73. The van der Waals surface area contributed by atoms with Crippen molar-refractivity contribution in [2.75, 3.05) is 6.54 Å². The third-order valence-corrected chi connectivity index (χ3v) is 5.81. The van der Waals surface area contributed by atoms with Gasteiger partial charge in [-0.05, 0) is 31.9 Å². The Hall–Kier alpha value is -1.27. The van der Waals surface area contributed by atoms with E-state index < -0.39 is 15.7 Å². The van der Waals surface area contributed by atoms with E-state index in [0.29, 0.717) is 4.90 Å². The van der Waals surface area contributed by atoms with Gasteiger partial charge in [-0.3, -0.25) is 14.3 Å². The highest BCUT2D eigenvalue weighted by atomic mass is 32.2. The zero-order valence-corrected chi connectivity index (χ0v) is 13.1. The molecule has 1 N–H and O–H groups in total. The van der Waals surface area contributed by atoms with Crippen LogP contribution in [0, 0.1) is 10.1 Å². The summed E-state index contributed by atoms with van der Waals surface area (Å²) in [7, 11) is -1.34. The lowest BCUT2D eigenvalue weighted by Gasteiger charge is -2.31. The summed E-state index contributed by atoms with van der Waals surface area (Å²) < 4.78 is 12.9. The summed E-state index contributed by atoms with van der Waals surface area (Å²) in [6, 6.07) is 6.59. The van der Waals surface area contributed by atoms with Crippen LogP contribution in [0.1, 0.15) is 39.0 Å². The van der Waals surface area contributed by atoms with Crippen molar-refractivity contribution in [3.8, 4) is 0 Å². The smallest absolute Gasteiger partial charge is 0.285 e. The Morgan fingerprint density at radius 2 is 2.05 bits per heavy atom. The van der Waals surface area contributed by atoms with E-state index in [9.17, 15) is 14.3 Å². The normalized spacial score (nSPS) is 23.7. The zero-order chi connectivity index (χ0) is 15.2. The maximum absolute atomic E-state index is 12.9. The van der Waals surface area contributed by atoms with Crippen LogP contribution in [0.2, 0.25) is 0 Å². The van der Waals surface area contributed by atoms with E-state index in [2.05, 4.69) is 12.2 Å². The fraction of sp³-hybridized carbons (Fsp3) is 0.600. The Kier molecular flexibility index (Phi) is 5.87. The number of benzene rings is 1. The number of hydrogen-bond donors (Lipinski definition) is 1. The second-order valence-corrected chi connectivity index (χ2v) is 7.05. The lowest BCUT2D eigenvalue weighted by molar-refractivity contribution is -0.387. The molecule has 0 radical (unpaired) electrons. The van der Waals surface area contributed by atoms with Crippen LogP contribution >= 0.6 is 0 Å². The molecule has 1 fully saturated rings. The molecule has 2 rings (SSSR count). The molecule has 116 valence electrons. The molecule has 6 heteroatoms. The van der Waals surface area contributed by atoms with Crippen molar-refractivity contribution >= 4 is 16.5 Å². The van der Waals surface area contributed by atoms with Crippen LogP contribution in [0.3, 0.4) is 0 Å². The first kappa shape index (κ1) is 16.1. The largest absolute Gasteiger partial charge is 0.313 e. The van der Waals surface area contributed by atoms with E-state index in [0.717, 1.165) is 38.6 Å². The van der Waals surface area contributed by atoms with Crippen molar-refractivity contribution in [1.29, 1.82) is 0 Å². The van der Waals surface area contributed by atoms with Gasteiger partial charge in [0.25, 0.3) is 5.69 Å². The van der Waals surface area contributed by atoms with E-state index in [4.69, 9.17) is 0 Å². The van der Waals surface area contributed by atoms with Crippen molar-refractivity contribution in [3.63, 3.8) is 0 Å². The molecule has 0 heterocycles. The average Bonchev–Trinajstić information content (AvgIpc) is 2.52. The van der Waals surface area contributed by atoms with E-state index in [1.54, 1.807) is 18.2 Å². The number of hydrogen-bond acceptors (Lipinski definition) is 4. The predicted octanol–water partition coefficient (Wildman–Crippen LogP) is 3.01. The minimum absolute atomic E-state index is 0.0318. The summed E-state index contributed by atoms with van der Waals surface area (Å²) in [4.78, 5) is 11.0. The van der Waals surface area contributed by atoms with Gasteiger partial charge in [0.1, 0.15) is 4.90 Å². The molecule has 0 saturated heterocycles. The van der Waals surface area contributed by atoms with Crippen molar-refractivity contribution in [2.24, 2.45) is 0 Å². The average molecular weight is 310 g/mol. The number of nitro benzene ring substituents is 1. The molecular formula is C15H22N2O3S. The summed E-state index contributed by atoms with van der Waals surface area (Å²) in [5.41, 5.74) is -0.0318. The highest BCUT2D eigenvalue weighted by Crippen LogP contribution is 2.30. The third kappa shape index (κ3) is 3.89. The topological polar surface area (TPSA) is 72.2 Å². The molecule has 1 aromatic rings. The molecule has 3 atom stereocenters. The first-order chi connectivity index (χ1) is 10.1. The lowest BCUT2D eigenvalue weighted by atomic mass is 9.95. The molecule has 5 nitrogen and oxygen atoms in total. The van der Waals surface area contributed by atoms with Gasteiger partial charge < -0.3 is 5.32 Å². The van der Waals surface area contributed by atoms with Crippen LogP contribution < -0.4 is 5.32 Å². The van der Waals surface area contributed by atoms with Crippen LogP contribution in [-0.4, -0.2) is 27.0 Å². The number of nitro groups is 1. The van der Waals surface area contributed by atoms with E-state index in [1.165, 1.54) is 6.07 Å². The summed E-state index contributed by atoms with van der Waals surface area (Å²) in [6.07, 6.45) is 5.06. The Morgan fingerprint density at radius 3 is 2.76 bits per heavy atom. The first-order valence-electron chi connectivity index (χ1n) is 7.52. The van der Waals surface area contributed by atoms with Crippen LogP contribution in [0.25, 0.3) is 0 Å². The molecule has 0 spiro atoms. The summed E-state index contributed by atoms with van der Waals surface area (Å²) in [5, 5.41) is 14.5. The van der Waals surface area contributed by atoms with Gasteiger partial charge in [-0.25, -0.2) is 0 Å². The van der Waals surface area contributed by atoms with Crippen LogP contribution in [0.15, 0.2) is 29.2 Å². The number of nitrogens with zero attached hydrogens (tertiary/aromatic N) is 1. The molecule has 0 bridgehead atoms. The molecule has 0 aromatic heterocycles. The highest BCUT2D eigenvalue weighted by Gasteiger charge is 2.33. The number of rotatable bonds is 6. The van der Waals surface area contributed by atoms with Crippen LogP contribution in [-0.2, 0) is 10.8 Å². The summed E-state index contributed by atoms with van der Waals surface area (Å²) in [6.45, 7) is 3.00. The minimum Gasteiger partial charge on any atom is -0.313 e. The van der Waals surface area contributed by atoms with E-state index in [1.807, 2.05) is 0 Å². The van der Waals surface area contributed by atoms with Gasteiger partial charge in [-0.2, -0.15) is 0 Å². The molecule has 21 heavy (non-hydrogen) atoms. The molecule has 0 aliphatic heterocycles. The fourth-order valence-electron chi connectivity index (χ4n) is 2.86. The maximum atomic E-state index is 12.9. The lowest BCUT2D eigenvalue weighted by Crippen LogP contribution is -2.44. The van der Waals surface area contributed by atoms with Gasteiger partial charge in [0, 0.05) is 12.1 Å². The Bertz CT molecular complexity index is 521. The van der Waals surface area contributed by atoms with Crippen molar-refractivity contribution < 1.29 is 9.13 Å². The minimum atomic E-state index is -1.34. The molecule has 3 unspecified atom stereocenters.